The van der Waals surface area contributed by atoms with Crippen LogP contribution in [0.25, 0.3) is 0 Å². The first-order chi connectivity index (χ1) is 11.5. The topological polar surface area (TPSA) is 67.0 Å². The van der Waals surface area contributed by atoms with E-state index in [0.717, 1.165) is 30.3 Å². The van der Waals surface area contributed by atoms with Gasteiger partial charge < -0.3 is 4.74 Å². The molecule has 2 heterocycles. The van der Waals surface area contributed by atoms with E-state index in [0.29, 0.717) is 25.3 Å². The van der Waals surface area contributed by atoms with Crippen molar-refractivity contribution >= 4 is 0 Å². The minimum Gasteiger partial charge on any atom is -0.374 e. The Labute approximate surface area is 140 Å². The van der Waals surface area contributed by atoms with Crippen LogP contribution < -0.4 is 0 Å². The fourth-order valence-electron chi connectivity index (χ4n) is 2.99. The van der Waals surface area contributed by atoms with Crippen molar-refractivity contribution in [3.05, 3.63) is 46.8 Å². The lowest BCUT2D eigenvalue weighted by atomic mass is 10.1. The van der Waals surface area contributed by atoms with E-state index in [2.05, 4.69) is 21.1 Å². The van der Waals surface area contributed by atoms with Crippen LogP contribution >= 0.6 is 0 Å². The fourth-order valence-corrected chi connectivity index (χ4v) is 2.99. The van der Waals surface area contributed by atoms with Crippen LogP contribution in [0.5, 0.6) is 0 Å². The third-order valence-electron chi connectivity index (χ3n) is 4.15. The van der Waals surface area contributed by atoms with E-state index in [1.54, 1.807) is 6.07 Å². The van der Waals surface area contributed by atoms with Crippen molar-refractivity contribution < 1.29 is 9.13 Å². The molecule has 1 fully saturated rings. The Kier molecular flexibility index (Phi) is 4.88. The minimum atomic E-state index is -0.382. The van der Waals surface area contributed by atoms with Gasteiger partial charge in [-0.15, -0.1) is 0 Å². The van der Waals surface area contributed by atoms with Crippen LogP contribution in [0.1, 0.15) is 22.8 Å². The van der Waals surface area contributed by atoms with Gasteiger partial charge in [0.25, 0.3) is 0 Å². The second-order valence-corrected chi connectivity index (χ2v) is 6.03. The molecule has 0 N–H and O–H groups in total. The molecule has 1 aromatic heterocycles. The number of aryl methyl sites for hydroxylation is 2. The molecule has 0 aliphatic carbocycles. The SMILES string of the molecule is Cc1nc(C)n(C[C@@H]2CN(Cc3ccc(F)cc3C#N)CCO2)n1. The highest BCUT2D eigenvalue weighted by molar-refractivity contribution is 5.37. The Morgan fingerprint density at radius 2 is 2.25 bits per heavy atom. The monoisotopic (exact) mass is 329 g/mol. The summed E-state index contributed by atoms with van der Waals surface area (Å²) in [4.78, 5) is 6.53. The van der Waals surface area contributed by atoms with Gasteiger partial charge in [0.05, 0.1) is 30.9 Å². The summed E-state index contributed by atoms with van der Waals surface area (Å²) >= 11 is 0. The number of hydrogen-bond acceptors (Lipinski definition) is 5. The average Bonchev–Trinajstić information content (AvgIpc) is 2.87. The number of benzene rings is 1. The molecule has 126 valence electrons. The van der Waals surface area contributed by atoms with E-state index in [-0.39, 0.29) is 11.9 Å². The summed E-state index contributed by atoms with van der Waals surface area (Å²) in [5.74, 6) is 1.25. The van der Waals surface area contributed by atoms with Gasteiger partial charge in [-0.25, -0.2) is 14.1 Å². The molecule has 1 aliphatic heterocycles. The van der Waals surface area contributed by atoms with Crippen molar-refractivity contribution in [2.75, 3.05) is 19.7 Å². The summed E-state index contributed by atoms with van der Waals surface area (Å²) in [6, 6.07) is 6.44. The van der Waals surface area contributed by atoms with Crippen molar-refractivity contribution in [1.29, 1.82) is 5.26 Å². The molecule has 7 heteroatoms. The maximum absolute atomic E-state index is 13.3. The van der Waals surface area contributed by atoms with Gasteiger partial charge in [-0.1, -0.05) is 6.07 Å². The molecule has 24 heavy (non-hydrogen) atoms. The highest BCUT2D eigenvalue weighted by atomic mass is 19.1. The van der Waals surface area contributed by atoms with Gasteiger partial charge in [0.15, 0.2) is 0 Å². The Morgan fingerprint density at radius 1 is 1.42 bits per heavy atom. The number of aromatic nitrogens is 3. The quantitative estimate of drug-likeness (QED) is 0.856. The van der Waals surface area contributed by atoms with Crippen LogP contribution in [0.3, 0.4) is 0 Å². The summed E-state index contributed by atoms with van der Waals surface area (Å²) in [6.45, 7) is 7.21. The van der Waals surface area contributed by atoms with Crippen LogP contribution in [0.4, 0.5) is 4.39 Å². The zero-order chi connectivity index (χ0) is 17.1. The number of rotatable bonds is 4. The lowest BCUT2D eigenvalue weighted by Crippen LogP contribution is -2.44. The standard InChI is InChI=1S/C17H20FN5O/c1-12-20-13(2)23(21-12)11-17-10-22(5-6-24-17)9-14-3-4-16(18)7-15(14)8-19/h3-4,7,17H,5-6,9-11H2,1-2H3/t17-/m0/s1. The van der Waals surface area contributed by atoms with E-state index in [1.807, 2.05) is 18.5 Å². The van der Waals surface area contributed by atoms with E-state index >= 15 is 0 Å². The second kappa shape index (κ2) is 7.07. The predicted octanol–water partition coefficient (Wildman–Crippen LogP) is 1.81. The Bertz CT molecular complexity index is 767. The molecule has 6 nitrogen and oxygen atoms in total. The Hall–Kier alpha value is -2.30. The van der Waals surface area contributed by atoms with E-state index in [4.69, 9.17) is 4.74 Å². The van der Waals surface area contributed by atoms with Crippen molar-refractivity contribution in [2.24, 2.45) is 0 Å². The lowest BCUT2D eigenvalue weighted by Gasteiger charge is -2.33. The van der Waals surface area contributed by atoms with E-state index in [1.165, 1.54) is 12.1 Å². The number of ether oxygens (including phenoxy) is 1. The third kappa shape index (κ3) is 3.78. The maximum Gasteiger partial charge on any atom is 0.147 e. The van der Waals surface area contributed by atoms with Crippen LogP contribution in [-0.2, 0) is 17.8 Å². The first-order valence-electron chi connectivity index (χ1n) is 7.95. The Balaban J connectivity index is 1.66. The summed E-state index contributed by atoms with van der Waals surface area (Å²) in [7, 11) is 0. The molecule has 1 aromatic carbocycles. The normalized spacial score (nSPS) is 18.5. The predicted molar refractivity (Wildman–Crippen MR) is 85.6 cm³/mol. The summed E-state index contributed by atoms with van der Waals surface area (Å²) < 4.78 is 21.0. The number of hydrogen-bond donors (Lipinski definition) is 0. The highest BCUT2D eigenvalue weighted by Gasteiger charge is 2.22. The number of halogens is 1. The molecule has 0 bridgehead atoms. The molecule has 0 radical (unpaired) electrons. The molecule has 3 rings (SSSR count). The number of nitriles is 1. The van der Waals surface area contributed by atoms with Gasteiger partial charge in [-0.3, -0.25) is 4.90 Å². The number of nitrogens with zero attached hydrogens (tertiary/aromatic N) is 5. The Morgan fingerprint density at radius 3 is 2.96 bits per heavy atom. The van der Waals surface area contributed by atoms with Crippen molar-refractivity contribution in [2.45, 2.75) is 33.0 Å². The molecule has 1 aliphatic rings. The molecular formula is C17H20FN5O. The molecule has 2 aromatic rings. The molecule has 0 unspecified atom stereocenters. The zero-order valence-corrected chi connectivity index (χ0v) is 13.9. The third-order valence-corrected chi connectivity index (χ3v) is 4.15. The van der Waals surface area contributed by atoms with Gasteiger partial charge in [-0.2, -0.15) is 10.4 Å². The second-order valence-electron chi connectivity index (χ2n) is 6.03. The van der Waals surface area contributed by atoms with Gasteiger partial charge in [0.2, 0.25) is 0 Å². The zero-order valence-electron chi connectivity index (χ0n) is 13.9. The van der Waals surface area contributed by atoms with Gasteiger partial charge in [-0.05, 0) is 31.5 Å². The van der Waals surface area contributed by atoms with Gasteiger partial charge in [0, 0.05) is 19.6 Å². The van der Waals surface area contributed by atoms with Gasteiger partial charge in [0.1, 0.15) is 17.5 Å². The van der Waals surface area contributed by atoms with Crippen LogP contribution in [0.2, 0.25) is 0 Å². The summed E-state index contributed by atoms with van der Waals surface area (Å²) in [5, 5.41) is 13.5. The highest BCUT2D eigenvalue weighted by Crippen LogP contribution is 2.16. The molecule has 0 saturated carbocycles. The van der Waals surface area contributed by atoms with Gasteiger partial charge >= 0.3 is 0 Å². The van der Waals surface area contributed by atoms with E-state index < -0.39 is 0 Å². The van der Waals surface area contributed by atoms with Crippen molar-refractivity contribution in [3.8, 4) is 6.07 Å². The van der Waals surface area contributed by atoms with Crippen molar-refractivity contribution in [1.82, 2.24) is 19.7 Å². The largest absolute Gasteiger partial charge is 0.374 e. The van der Waals surface area contributed by atoms with Crippen LogP contribution in [-0.4, -0.2) is 45.5 Å². The smallest absolute Gasteiger partial charge is 0.147 e. The number of morpholine rings is 1. The van der Waals surface area contributed by atoms with Crippen molar-refractivity contribution in [3.63, 3.8) is 0 Å². The average molecular weight is 329 g/mol. The van der Waals surface area contributed by atoms with E-state index in [9.17, 15) is 9.65 Å². The molecule has 0 amide bonds. The first kappa shape index (κ1) is 16.6. The fraction of sp³-hybridized carbons (Fsp3) is 0.471. The molecular weight excluding hydrogens is 309 g/mol. The summed E-state index contributed by atoms with van der Waals surface area (Å²) in [5.41, 5.74) is 1.23. The lowest BCUT2D eigenvalue weighted by molar-refractivity contribution is -0.0405. The summed E-state index contributed by atoms with van der Waals surface area (Å²) in [6.07, 6.45) is 0.0181. The first-order valence-corrected chi connectivity index (χ1v) is 7.95. The van der Waals surface area contributed by atoms with Crippen LogP contribution in [0, 0.1) is 31.0 Å². The minimum absolute atomic E-state index is 0.0181. The maximum atomic E-state index is 13.3. The molecule has 1 saturated heterocycles. The molecule has 1 atom stereocenters. The van der Waals surface area contributed by atoms with Crippen LogP contribution in [0.15, 0.2) is 18.2 Å². The molecule has 0 spiro atoms.